The van der Waals surface area contributed by atoms with Crippen LogP contribution in [0.4, 0.5) is 5.82 Å². The summed E-state index contributed by atoms with van der Waals surface area (Å²) in [4.78, 5) is 17.1. The summed E-state index contributed by atoms with van der Waals surface area (Å²) in [6.45, 7) is 4.31. The Balaban J connectivity index is 1.61. The second-order valence-corrected chi connectivity index (χ2v) is 7.00. The first-order valence-electron chi connectivity index (χ1n) is 9.04. The van der Waals surface area contributed by atoms with Crippen LogP contribution in [0, 0.1) is 5.92 Å². The van der Waals surface area contributed by atoms with Crippen molar-refractivity contribution in [1.29, 1.82) is 0 Å². The highest BCUT2D eigenvalue weighted by molar-refractivity contribution is 6.05. The van der Waals surface area contributed by atoms with E-state index in [1.807, 2.05) is 48.5 Å². The largest absolute Gasteiger partial charge is 0.450 e. The van der Waals surface area contributed by atoms with Crippen molar-refractivity contribution in [3.05, 3.63) is 60.7 Å². The van der Waals surface area contributed by atoms with Gasteiger partial charge in [0.2, 0.25) is 0 Å². The molecule has 134 valence electrons. The van der Waals surface area contributed by atoms with Crippen molar-refractivity contribution in [2.75, 3.05) is 5.32 Å². The first-order valence-corrected chi connectivity index (χ1v) is 9.04. The van der Waals surface area contributed by atoms with E-state index in [-0.39, 0.29) is 6.04 Å². The monoisotopic (exact) mass is 357 g/mol. The summed E-state index contributed by atoms with van der Waals surface area (Å²) in [5, 5.41) is 4.51. The Bertz CT molecular complexity index is 1220. The highest BCUT2D eigenvalue weighted by Gasteiger charge is 2.22. The van der Waals surface area contributed by atoms with Gasteiger partial charge in [-0.2, -0.15) is 0 Å². The summed E-state index contributed by atoms with van der Waals surface area (Å²) >= 11 is 0. The lowest BCUT2D eigenvalue weighted by Gasteiger charge is -2.20. The van der Waals surface area contributed by atoms with Gasteiger partial charge < -0.3 is 14.7 Å². The SMILES string of the molecule is CC(C)[C@H](Nc1ncnc2c1oc1ccccc12)c1nc2ccccc2[nH]1. The van der Waals surface area contributed by atoms with Crippen LogP contribution in [0.25, 0.3) is 33.1 Å². The molecule has 5 rings (SSSR count). The third-order valence-corrected chi connectivity index (χ3v) is 4.82. The minimum Gasteiger partial charge on any atom is -0.450 e. The smallest absolute Gasteiger partial charge is 0.196 e. The summed E-state index contributed by atoms with van der Waals surface area (Å²) in [5.74, 6) is 1.85. The maximum absolute atomic E-state index is 6.04. The number of hydrogen-bond acceptors (Lipinski definition) is 5. The Labute approximate surface area is 155 Å². The zero-order chi connectivity index (χ0) is 18.4. The van der Waals surface area contributed by atoms with Gasteiger partial charge in [0.15, 0.2) is 11.4 Å². The molecule has 0 aliphatic carbocycles. The summed E-state index contributed by atoms with van der Waals surface area (Å²) < 4.78 is 6.04. The predicted molar refractivity (Wildman–Crippen MR) is 107 cm³/mol. The van der Waals surface area contributed by atoms with Crippen molar-refractivity contribution in [3.63, 3.8) is 0 Å². The lowest BCUT2D eigenvalue weighted by atomic mass is 10.0. The summed E-state index contributed by atoms with van der Waals surface area (Å²) in [7, 11) is 0. The first kappa shape index (κ1) is 15.8. The molecule has 0 amide bonds. The fourth-order valence-corrected chi connectivity index (χ4v) is 3.44. The van der Waals surface area contributed by atoms with Crippen LogP contribution in [0.1, 0.15) is 25.7 Å². The van der Waals surface area contributed by atoms with E-state index in [0.717, 1.165) is 33.3 Å². The van der Waals surface area contributed by atoms with Crippen LogP contribution < -0.4 is 5.32 Å². The zero-order valence-electron chi connectivity index (χ0n) is 15.1. The number of nitrogens with zero attached hydrogens (tertiary/aromatic N) is 3. The Morgan fingerprint density at radius 3 is 2.67 bits per heavy atom. The fraction of sp³-hybridized carbons (Fsp3) is 0.190. The summed E-state index contributed by atoms with van der Waals surface area (Å²) in [6, 6.07) is 15.9. The number of H-pyrrole nitrogens is 1. The van der Waals surface area contributed by atoms with Gasteiger partial charge in [-0.3, -0.25) is 0 Å². The Morgan fingerprint density at radius 2 is 1.81 bits per heavy atom. The average molecular weight is 357 g/mol. The highest BCUT2D eigenvalue weighted by atomic mass is 16.3. The number of rotatable bonds is 4. The van der Waals surface area contributed by atoms with Gasteiger partial charge in [-0.15, -0.1) is 0 Å². The van der Waals surface area contributed by atoms with Crippen molar-refractivity contribution in [2.24, 2.45) is 5.92 Å². The third kappa shape index (κ3) is 2.61. The molecule has 5 aromatic rings. The minimum absolute atomic E-state index is 0.0382. The van der Waals surface area contributed by atoms with E-state index >= 15 is 0 Å². The number of furan rings is 1. The molecule has 0 spiro atoms. The quantitative estimate of drug-likeness (QED) is 0.470. The normalized spacial score (nSPS) is 13.0. The molecule has 0 radical (unpaired) electrons. The molecular formula is C21H19N5O. The molecular weight excluding hydrogens is 338 g/mol. The van der Waals surface area contributed by atoms with E-state index in [1.165, 1.54) is 0 Å². The molecule has 3 heterocycles. The molecule has 0 bridgehead atoms. The van der Waals surface area contributed by atoms with Crippen LogP contribution in [0.5, 0.6) is 0 Å². The van der Waals surface area contributed by atoms with Crippen molar-refractivity contribution in [2.45, 2.75) is 19.9 Å². The molecule has 0 aliphatic rings. The molecule has 2 aromatic carbocycles. The zero-order valence-corrected chi connectivity index (χ0v) is 15.1. The molecule has 6 heteroatoms. The van der Waals surface area contributed by atoms with Gasteiger partial charge in [0.1, 0.15) is 23.3 Å². The van der Waals surface area contributed by atoms with Gasteiger partial charge in [-0.1, -0.05) is 38.1 Å². The number of fused-ring (bicyclic) bond motifs is 4. The standard InChI is InChI=1S/C21H19N5O/c1-12(2)17(20-24-14-8-4-5-9-15(14)25-20)26-21-19-18(22-11-23-21)13-7-3-6-10-16(13)27-19/h3-12,17H,1-2H3,(H,24,25)(H,22,23,26)/t17-/m0/s1. The molecule has 0 unspecified atom stereocenters. The van der Waals surface area contributed by atoms with Gasteiger partial charge in [-0.05, 0) is 30.2 Å². The van der Waals surface area contributed by atoms with E-state index in [1.54, 1.807) is 6.33 Å². The van der Waals surface area contributed by atoms with E-state index in [0.29, 0.717) is 17.3 Å². The average Bonchev–Trinajstić information content (AvgIpc) is 3.27. The predicted octanol–water partition coefficient (Wildman–Crippen LogP) is 5.06. The molecule has 0 saturated carbocycles. The van der Waals surface area contributed by atoms with Crippen LogP contribution in [-0.2, 0) is 0 Å². The van der Waals surface area contributed by atoms with E-state index in [2.05, 4.69) is 34.1 Å². The fourth-order valence-electron chi connectivity index (χ4n) is 3.44. The number of imidazole rings is 1. The second-order valence-electron chi connectivity index (χ2n) is 7.00. The van der Waals surface area contributed by atoms with Crippen LogP contribution in [-0.4, -0.2) is 19.9 Å². The first-order chi connectivity index (χ1) is 13.2. The number of aromatic nitrogens is 4. The van der Waals surface area contributed by atoms with Gasteiger partial charge in [-0.25, -0.2) is 15.0 Å². The van der Waals surface area contributed by atoms with Crippen molar-refractivity contribution in [3.8, 4) is 0 Å². The van der Waals surface area contributed by atoms with E-state index in [4.69, 9.17) is 9.40 Å². The molecule has 2 N–H and O–H groups in total. The lowest BCUT2D eigenvalue weighted by molar-refractivity contribution is 0.524. The molecule has 0 aliphatic heterocycles. The third-order valence-electron chi connectivity index (χ3n) is 4.82. The van der Waals surface area contributed by atoms with Gasteiger partial charge in [0, 0.05) is 5.39 Å². The number of aromatic amines is 1. The van der Waals surface area contributed by atoms with E-state index < -0.39 is 0 Å². The summed E-state index contributed by atoms with van der Waals surface area (Å²) in [6.07, 6.45) is 1.57. The van der Waals surface area contributed by atoms with E-state index in [9.17, 15) is 0 Å². The lowest BCUT2D eigenvalue weighted by Crippen LogP contribution is -2.19. The molecule has 0 saturated heterocycles. The molecule has 3 aromatic heterocycles. The van der Waals surface area contributed by atoms with Gasteiger partial charge >= 0.3 is 0 Å². The molecule has 1 atom stereocenters. The molecule has 27 heavy (non-hydrogen) atoms. The summed E-state index contributed by atoms with van der Waals surface area (Å²) in [5.41, 5.74) is 4.27. The van der Waals surface area contributed by atoms with Crippen LogP contribution in [0.15, 0.2) is 59.3 Å². The molecule has 6 nitrogen and oxygen atoms in total. The highest BCUT2D eigenvalue weighted by Crippen LogP contribution is 2.33. The Kier molecular flexibility index (Phi) is 3.57. The number of nitrogens with one attached hydrogen (secondary N) is 2. The van der Waals surface area contributed by atoms with Crippen molar-refractivity contribution in [1.82, 2.24) is 19.9 Å². The Hall–Kier alpha value is -3.41. The van der Waals surface area contributed by atoms with Gasteiger partial charge in [0.25, 0.3) is 0 Å². The minimum atomic E-state index is -0.0382. The number of hydrogen-bond donors (Lipinski definition) is 2. The Morgan fingerprint density at radius 1 is 1.00 bits per heavy atom. The van der Waals surface area contributed by atoms with Crippen molar-refractivity contribution >= 4 is 38.9 Å². The topological polar surface area (TPSA) is 79.6 Å². The number of benzene rings is 2. The van der Waals surface area contributed by atoms with Crippen LogP contribution >= 0.6 is 0 Å². The molecule has 0 fully saturated rings. The van der Waals surface area contributed by atoms with Gasteiger partial charge in [0.05, 0.1) is 17.1 Å². The van der Waals surface area contributed by atoms with Crippen molar-refractivity contribution < 1.29 is 4.42 Å². The number of anilines is 1. The second kappa shape index (κ2) is 6.09. The maximum Gasteiger partial charge on any atom is 0.196 e. The number of para-hydroxylation sites is 3. The maximum atomic E-state index is 6.04. The van der Waals surface area contributed by atoms with Crippen LogP contribution in [0.2, 0.25) is 0 Å². The van der Waals surface area contributed by atoms with Crippen LogP contribution in [0.3, 0.4) is 0 Å².